The van der Waals surface area contributed by atoms with Crippen LogP contribution in [0, 0.1) is 10.1 Å². The number of thiazole rings is 1. The zero-order valence-electron chi connectivity index (χ0n) is 12.1. The molecule has 1 heterocycles. The third kappa shape index (κ3) is 3.44. The Bertz CT molecular complexity index is 800. The smallest absolute Gasteiger partial charge is 0.258 e. The van der Waals surface area contributed by atoms with E-state index in [1.54, 1.807) is 23.5 Å². The number of halogens is 1. The van der Waals surface area contributed by atoms with Gasteiger partial charge in [0.15, 0.2) is 0 Å². The monoisotopic (exact) mass is 427 g/mol. The fourth-order valence-corrected chi connectivity index (χ4v) is 3.55. The summed E-state index contributed by atoms with van der Waals surface area (Å²) in [5, 5.41) is 12.0. The predicted molar refractivity (Wildman–Crippen MR) is 98.9 cm³/mol. The number of benzene rings is 2. The molecule has 0 amide bonds. The van der Waals surface area contributed by atoms with Gasteiger partial charge in [-0.2, -0.15) is 4.57 Å². The van der Waals surface area contributed by atoms with Crippen molar-refractivity contribution in [2.45, 2.75) is 12.8 Å². The first-order valence-corrected chi connectivity index (χ1v) is 7.56. The normalized spacial score (nSPS) is 10.4. The highest BCUT2D eigenvalue weighted by atomic mass is 127. The zero-order valence-corrected chi connectivity index (χ0v) is 15.2. The maximum atomic E-state index is 10.6. The van der Waals surface area contributed by atoms with Gasteiger partial charge in [-0.1, -0.05) is 35.6 Å². The zero-order chi connectivity index (χ0) is 14.8. The van der Waals surface area contributed by atoms with Crippen LogP contribution >= 0.6 is 35.3 Å². The lowest BCUT2D eigenvalue weighted by Gasteiger charge is -1.98. The average molecular weight is 427 g/mol. The summed E-state index contributed by atoms with van der Waals surface area (Å²) in [7, 11) is 2.09. The highest BCUT2D eigenvalue weighted by molar-refractivity contribution is 14.0. The van der Waals surface area contributed by atoms with Crippen molar-refractivity contribution in [2.24, 2.45) is 7.05 Å². The van der Waals surface area contributed by atoms with Crippen molar-refractivity contribution < 1.29 is 9.49 Å². The van der Waals surface area contributed by atoms with Crippen LogP contribution in [0.5, 0.6) is 0 Å². The SMILES string of the molecule is C[n+]1c(CCc2ccc([N+](=O)[O-])cc2)sc2ccccc21.I. The van der Waals surface area contributed by atoms with E-state index in [9.17, 15) is 10.1 Å². The summed E-state index contributed by atoms with van der Waals surface area (Å²) in [5.74, 6) is 0. The molecule has 0 spiro atoms. The molecule has 3 rings (SSSR count). The van der Waals surface area contributed by atoms with E-state index in [1.165, 1.54) is 15.2 Å². The first-order valence-electron chi connectivity index (χ1n) is 6.75. The van der Waals surface area contributed by atoms with Crippen molar-refractivity contribution in [1.29, 1.82) is 0 Å². The van der Waals surface area contributed by atoms with E-state index in [0.29, 0.717) is 0 Å². The Kier molecular flexibility index (Phi) is 5.47. The summed E-state index contributed by atoms with van der Waals surface area (Å²) in [4.78, 5) is 10.3. The minimum Gasteiger partial charge on any atom is -0.258 e. The van der Waals surface area contributed by atoms with Crippen LogP contribution < -0.4 is 4.57 Å². The van der Waals surface area contributed by atoms with E-state index in [4.69, 9.17) is 0 Å². The summed E-state index contributed by atoms with van der Waals surface area (Å²) < 4.78 is 3.52. The van der Waals surface area contributed by atoms with Crippen molar-refractivity contribution in [3.8, 4) is 0 Å². The van der Waals surface area contributed by atoms with Gasteiger partial charge in [-0.3, -0.25) is 10.1 Å². The average Bonchev–Trinajstić information content (AvgIpc) is 2.82. The molecule has 0 bridgehead atoms. The van der Waals surface area contributed by atoms with Gasteiger partial charge < -0.3 is 0 Å². The van der Waals surface area contributed by atoms with Crippen molar-refractivity contribution in [1.82, 2.24) is 0 Å². The molecule has 0 atom stereocenters. The Morgan fingerprint density at radius 3 is 2.41 bits per heavy atom. The van der Waals surface area contributed by atoms with Crippen LogP contribution in [0.1, 0.15) is 10.6 Å². The van der Waals surface area contributed by atoms with Crippen LogP contribution in [0.25, 0.3) is 10.2 Å². The number of fused-ring (bicyclic) bond motifs is 1. The number of nitro benzene ring substituents is 1. The van der Waals surface area contributed by atoms with E-state index < -0.39 is 0 Å². The van der Waals surface area contributed by atoms with Crippen molar-refractivity contribution in [2.75, 3.05) is 0 Å². The summed E-state index contributed by atoms with van der Waals surface area (Å²) in [5.41, 5.74) is 2.52. The van der Waals surface area contributed by atoms with Gasteiger partial charge in [0.25, 0.3) is 5.69 Å². The van der Waals surface area contributed by atoms with Crippen LogP contribution in [-0.4, -0.2) is 4.92 Å². The number of rotatable bonds is 4. The van der Waals surface area contributed by atoms with Gasteiger partial charge in [0.2, 0.25) is 10.5 Å². The molecule has 2 aromatic carbocycles. The molecular weight excluding hydrogens is 411 g/mol. The number of para-hydroxylation sites is 1. The van der Waals surface area contributed by atoms with Gasteiger partial charge in [-0.15, -0.1) is 24.0 Å². The largest absolute Gasteiger partial charge is 0.269 e. The Morgan fingerprint density at radius 2 is 1.77 bits per heavy atom. The van der Waals surface area contributed by atoms with Gasteiger partial charge in [0.05, 0.1) is 4.92 Å². The minimum absolute atomic E-state index is 0. The summed E-state index contributed by atoms with van der Waals surface area (Å²) in [6.07, 6.45) is 1.83. The van der Waals surface area contributed by atoms with E-state index in [0.717, 1.165) is 18.4 Å². The summed E-state index contributed by atoms with van der Waals surface area (Å²) in [6, 6.07) is 15.2. The van der Waals surface area contributed by atoms with Crippen LogP contribution in [0.4, 0.5) is 5.69 Å². The van der Waals surface area contributed by atoms with E-state index in [-0.39, 0.29) is 34.6 Å². The Morgan fingerprint density at radius 1 is 1.09 bits per heavy atom. The van der Waals surface area contributed by atoms with E-state index >= 15 is 0 Å². The number of nitro groups is 1. The summed E-state index contributed by atoms with van der Waals surface area (Å²) in [6.45, 7) is 0. The number of hydrogen-bond donors (Lipinski definition) is 0. The predicted octanol–water partition coefficient (Wildman–Crippen LogP) is 4.04. The van der Waals surface area contributed by atoms with Gasteiger partial charge in [0, 0.05) is 24.6 Å². The molecule has 0 fully saturated rings. The third-order valence-corrected chi connectivity index (χ3v) is 4.88. The van der Waals surface area contributed by atoms with Crippen LogP contribution in [-0.2, 0) is 19.9 Å². The molecule has 3 aromatic rings. The van der Waals surface area contributed by atoms with Crippen molar-refractivity contribution in [3.05, 3.63) is 69.2 Å². The first-order chi connectivity index (χ1) is 10.1. The summed E-state index contributed by atoms with van der Waals surface area (Å²) >= 11 is 1.81. The number of non-ortho nitro benzene ring substituents is 1. The van der Waals surface area contributed by atoms with Gasteiger partial charge in [-0.25, -0.2) is 0 Å². The second kappa shape index (κ2) is 7.15. The molecule has 0 aliphatic carbocycles. The maximum Gasteiger partial charge on any atom is 0.269 e. The molecule has 1 aromatic heterocycles. The molecule has 114 valence electrons. The molecule has 0 aliphatic heterocycles. The highest BCUT2D eigenvalue weighted by Crippen LogP contribution is 2.21. The standard InChI is InChI=1S/C16H15N2O2S.HI/c1-17-14-4-2-3-5-15(14)21-16(17)11-8-12-6-9-13(10-7-12)18(19)20;/h2-7,9-10H,8,11H2,1H3;1H/q+1;. The lowest BCUT2D eigenvalue weighted by molar-refractivity contribution is -0.648. The Labute approximate surface area is 149 Å². The van der Waals surface area contributed by atoms with E-state index in [1.807, 2.05) is 12.1 Å². The van der Waals surface area contributed by atoms with Crippen LogP contribution in [0.3, 0.4) is 0 Å². The van der Waals surface area contributed by atoms with Gasteiger partial charge in [0.1, 0.15) is 11.7 Å². The molecule has 6 heteroatoms. The number of nitrogens with zero attached hydrogens (tertiary/aromatic N) is 2. The second-order valence-electron chi connectivity index (χ2n) is 4.95. The molecule has 0 aliphatic rings. The van der Waals surface area contributed by atoms with E-state index in [2.05, 4.69) is 35.9 Å². The molecule has 0 radical (unpaired) electrons. The fraction of sp³-hybridized carbons (Fsp3) is 0.188. The van der Waals surface area contributed by atoms with Crippen molar-refractivity contribution in [3.63, 3.8) is 0 Å². The molecule has 0 saturated heterocycles. The molecule has 0 saturated carbocycles. The molecule has 0 unspecified atom stereocenters. The van der Waals surface area contributed by atoms with Crippen LogP contribution in [0.15, 0.2) is 48.5 Å². The number of hydrogen-bond acceptors (Lipinski definition) is 3. The second-order valence-corrected chi connectivity index (χ2v) is 6.06. The van der Waals surface area contributed by atoms with Crippen LogP contribution in [0.2, 0.25) is 0 Å². The quantitative estimate of drug-likeness (QED) is 0.273. The topological polar surface area (TPSA) is 47.0 Å². The maximum absolute atomic E-state index is 10.6. The Hall–Kier alpha value is -1.54. The molecule has 0 N–H and O–H groups in total. The molecule has 4 nitrogen and oxygen atoms in total. The van der Waals surface area contributed by atoms with Gasteiger partial charge in [-0.05, 0) is 18.1 Å². The third-order valence-electron chi connectivity index (χ3n) is 3.60. The highest BCUT2D eigenvalue weighted by Gasteiger charge is 2.16. The van der Waals surface area contributed by atoms with Crippen molar-refractivity contribution >= 4 is 51.2 Å². The first kappa shape index (κ1) is 16.8. The molecular formula is C16H16IN2O2S+. The molecule has 22 heavy (non-hydrogen) atoms. The fourth-order valence-electron chi connectivity index (χ4n) is 2.40. The number of aryl methyl sites for hydroxylation is 3. The van der Waals surface area contributed by atoms with Gasteiger partial charge >= 0.3 is 0 Å². The lowest BCUT2D eigenvalue weighted by Crippen LogP contribution is -2.30. The Balaban J connectivity index is 0.00000176. The minimum atomic E-state index is -0.365. The lowest BCUT2D eigenvalue weighted by atomic mass is 10.1. The number of aromatic nitrogens is 1.